The van der Waals surface area contributed by atoms with Crippen molar-refractivity contribution in [1.82, 2.24) is 0 Å². The highest BCUT2D eigenvalue weighted by atomic mass is 16.4. The molecule has 0 aliphatic heterocycles. The third-order valence-electron chi connectivity index (χ3n) is 1.49. The average Bonchev–Trinajstić information content (AvgIpc) is 1.95. The Bertz CT molecular complexity index is 287. The largest absolute Gasteiger partial charge is 0.478 e. The molecule has 1 N–H and O–H groups in total. The Morgan fingerprint density at radius 2 is 1.92 bits per heavy atom. The van der Waals surface area contributed by atoms with Gasteiger partial charge in [0.2, 0.25) is 0 Å². The van der Waals surface area contributed by atoms with E-state index in [0.29, 0.717) is 5.57 Å². The number of hydrogen-bond acceptors (Lipinski definition) is 2. The number of nitriles is 1. The number of hydrogen-bond donors (Lipinski definition) is 1. The molecule has 0 aromatic heterocycles. The van der Waals surface area contributed by atoms with E-state index in [1.807, 2.05) is 26.8 Å². The summed E-state index contributed by atoms with van der Waals surface area (Å²) in [5.74, 6) is -1.01. The molecule has 0 bridgehead atoms. The molecule has 3 nitrogen and oxygen atoms in total. The second-order valence-corrected chi connectivity index (χ2v) is 3.65. The summed E-state index contributed by atoms with van der Waals surface area (Å²) >= 11 is 0. The van der Waals surface area contributed by atoms with Crippen LogP contribution >= 0.6 is 0 Å². The van der Waals surface area contributed by atoms with Crippen LogP contribution in [0.2, 0.25) is 0 Å². The van der Waals surface area contributed by atoms with E-state index in [0.717, 1.165) is 6.08 Å². The number of carboxylic acid groups (broad SMARTS) is 1. The average molecular weight is 179 g/mol. The highest BCUT2D eigenvalue weighted by Gasteiger charge is 2.14. The van der Waals surface area contributed by atoms with Crippen LogP contribution in [0.5, 0.6) is 0 Å². The van der Waals surface area contributed by atoms with E-state index in [4.69, 9.17) is 10.4 Å². The fourth-order valence-corrected chi connectivity index (χ4v) is 0.745. The Kier molecular flexibility index (Phi) is 3.93. The third kappa shape index (κ3) is 4.81. The number of carboxylic acids is 1. The summed E-state index contributed by atoms with van der Waals surface area (Å²) in [6.45, 7) is 5.76. The molecule has 0 aromatic carbocycles. The monoisotopic (exact) mass is 179 g/mol. The summed E-state index contributed by atoms with van der Waals surface area (Å²) in [4.78, 5) is 10.2. The standard InChI is InChI=1S/C10H13NO2/c1-10(2,3)8(6-7-11)4-5-9(12)13/h4-6H,1-3H3,(H,12,13)/b5-4-,8-6-. The molecule has 0 heterocycles. The summed E-state index contributed by atoms with van der Waals surface area (Å²) in [5.41, 5.74) is 0.499. The van der Waals surface area contributed by atoms with Gasteiger partial charge in [-0.3, -0.25) is 0 Å². The molecule has 0 saturated carbocycles. The molecule has 0 amide bonds. The fraction of sp³-hybridized carbons (Fsp3) is 0.400. The van der Waals surface area contributed by atoms with Gasteiger partial charge in [0.15, 0.2) is 0 Å². The zero-order chi connectivity index (χ0) is 10.5. The Morgan fingerprint density at radius 3 is 2.23 bits per heavy atom. The van der Waals surface area contributed by atoms with Crippen LogP contribution in [0.1, 0.15) is 20.8 Å². The van der Waals surface area contributed by atoms with E-state index in [9.17, 15) is 4.79 Å². The quantitative estimate of drug-likeness (QED) is 0.401. The van der Waals surface area contributed by atoms with Crippen molar-refractivity contribution in [3.8, 4) is 6.07 Å². The minimum atomic E-state index is -1.01. The lowest BCUT2D eigenvalue weighted by Gasteiger charge is -2.18. The maximum Gasteiger partial charge on any atom is 0.328 e. The third-order valence-corrected chi connectivity index (χ3v) is 1.49. The SMILES string of the molecule is CC(C)(C)C(/C=C\C(=O)O)=C\C#N. The van der Waals surface area contributed by atoms with Gasteiger partial charge in [0, 0.05) is 12.2 Å². The Morgan fingerprint density at radius 1 is 1.38 bits per heavy atom. The highest BCUT2D eigenvalue weighted by Crippen LogP contribution is 2.25. The number of rotatable bonds is 2. The van der Waals surface area contributed by atoms with Crippen LogP contribution in [-0.2, 0) is 4.79 Å². The van der Waals surface area contributed by atoms with Crippen molar-refractivity contribution in [2.45, 2.75) is 20.8 Å². The molecule has 0 aliphatic rings. The number of nitrogens with zero attached hydrogens (tertiary/aromatic N) is 1. The topological polar surface area (TPSA) is 61.1 Å². The molecule has 0 aliphatic carbocycles. The Labute approximate surface area is 78.0 Å². The van der Waals surface area contributed by atoms with Crippen molar-refractivity contribution in [1.29, 1.82) is 5.26 Å². The van der Waals surface area contributed by atoms with E-state index in [1.165, 1.54) is 12.2 Å². The smallest absolute Gasteiger partial charge is 0.328 e. The maximum absolute atomic E-state index is 10.2. The maximum atomic E-state index is 10.2. The highest BCUT2D eigenvalue weighted by molar-refractivity contribution is 5.80. The molecule has 3 heteroatoms. The minimum Gasteiger partial charge on any atom is -0.478 e. The van der Waals surface area contributed by atoms with Crippen molar-refractivity contribution in [2.24, 2.45) is 5.41 Å². The van der Waals surface area contributed by atoms with Crippen LogP contribution in [0, 0.1) is 16.7 Å². The number of aliphatic carboxylic acids is 1. The van der Waals surface area contributed by atoms with Crippen LogP contribution in [0.3, 0.4) is 0 Å². The van der Waals surface area contributed by atoms with Crippen LogP contribution in [-0.4, -0.2) is 11.1 Å². The first kappa shape index (κ1) is 11.4. The van der Waals surface area contributed by atoms with Crippen molar-refractivity contribution >= 4 is 5.97 Å². The first-order valence-corrected chi connectivity index (χ1v) is 3.89. The van der Waals surface area contributed by atoms with Crippen LogP contribution in [0.4, 0.5) is 0 Å². The predicted octanol–water partition coefficient (Wildman–Crippen LogP) is 2.12. The second-order valence-electron chi connectivity index (χ2n) is 3.65. The van der Waals surface area contributed by atoms with Gasteiger partial charge in [0.05, 0.1) is 6.07 Å². The molecule has 0 saturated heterocycles. The van der Waals surface area contributed by atoms with Gasteiger partial charge in [-0.25, -0.2) is 4.79 Å². The van der Waals surface area contributed by atoms with Gasteiger partial charge in [-0.2, -0.15) is 5.26 Å². The molecule has 0 unspecified atom stereocenters. The first-order chi connectivity index (χ1) is 5.88. The molecule has 0 spiro atoms. The van der Waals surface area contributed by atoms with Gasteiger partial charge >= 0.3 is 5.97 Å². The second kappa shape index (κ2) is 4.46. The molecule has 0 rings (SSSR count). The summed E-state index contributed by atoms with van der Waals surface area (Å²) in [5, 5.41) is 16.9. The van der Waals surface area contributed by atoms with Crippen molar-refractivity contribution in [3.05, 3.63) is 23.8 Å². The van der Waals surface area contributed by atoms with Crippen LogP contribution in [0.25, 0.3) is 0 Å². The lowest BCUT2D eigenvalue weighted by molar-refractivity contribution is -0.131. The summed E-state index contributed by atoms with van der Waals surface area (Å²) in [6.07, 6.45) is 3.85. The van der Waals surface area contributed by atoms with Gasteiger partial charge in [0.25, 0.3) is 0 Å². The molecule has 0 atom stereocenters. The zero-order valence-corrected chi connectivity index (χ0v) is 8.03. The molecular weight excluding hydrogens is 166 g/mol. The first-order valence-electron chi connectivity index (χ1n) is 3.89. The predicted molar refractivity (Wildman–Crippen MR) is 49.9 cm³/mol. The molecule has 13 heavy (non-hydrogen) atoms. The fourth-order valence-electron chi connectivity index (χ4n) is 0.745. The van der Waals surface area contributed by atoms with Crippen molar-refractivity contribution in [3.63, 3.8) is 0 Å². The van der Waals surface area contributed by atoms with Gasteiger partial charge in [-0.15, -0.1) is 0 Å². The number of carbonyl (C=O) groups is 1. The van der Waals surface area contributed by atoms with E-state index >= 15 is 0 Å². The molecule has 70 valence electrons. The normalized spacial score (nSPS) is 12.9. The Balaban J connectivity index is 4.79. The van der Waals surface area contributed by atoms with Gasteiger partial charge in [-0.1, -0.05) is 26.8 Å². The molecular formula is C10H13NO2. The Hall–Kier alpha value is -1.56. The van der Waals surface area contributed by atoms with Gasteiger partial charge in [0.1, 0.15) is 0 Å². The van der Waals surface area contributed by atoms with Crippen LogP contribution < -0.4 is 0 Å². The lowest BCUT2D eigenvalue weighted by atomic mass is 9.86. The lowest BCUT2D eigenvalue weighted by Crippen LogP contribution is -2.07. The summed E-state index contributed by atoms with van der Waals surface area (Å²) in [6, 6.07) is 1.89. The van der Waals surface area contributed by atoms with E-state index in [1.54, 1.807) is 0 Å². The van der Waals surface area contributed by atoms with E-state index in [2.05, 4.69) is 0 Å². The van der Waals surface area contributed by atoms with Gasteiger partial charge in [-0.05, 0) is 11.0 Å². The summed E-state index contributed by atoms with van der Waals surface area (Å²) < 4.78 is 0. The van der Waals surface area contributed by atoms with Gasteiger partial charge < -0.3 is 5.11 Å². The van der Waals surface area contributed by atoms with Crippen molar-refractivity contribution < 1.29 is 9.90 Å². The van der Waals surface area contributed by atoms with E-state index < -0.39 is 5.97 Å². The minimum absolute atomic E-state index is 0.207. The number of allylic oxidation sites excluding steroid dienone is 3. The zero-order valence-electron chi connectivity index (χ0n) is 8.03. The molecule has 0 radical (unpaired) electrons. The summed E-state index contributed by atoms with van der Waals surface area (Å²) in [7, 11) is 0. The molecule has 0 fully saturated rings. The van der Waals surface area contributed by atoms with Crippen molar-refractivity contribution in [2.75, 3.05) is 0 Å². The molecule has 0 aromatic rings. The van der Waals surface area contributed by atoms with E-state index in [-0.39, 0.29) is 5.41 Å². The van der Waals surface area contributed by atoms with Crippen LogP contribution in [0.15, 0.2) is 23.8 Å².